The summed E-state index contributed by atoms with van der Waals surface area (Å²) in [5.41, 5.74) is 0.757. The summed E-state index contributed by atoms with van der Waals surface area (Å²) in [6, 6.07) is 10.3. The Hall–Kier alpha value is -2.14. The molecule has 2 aromatic heterocycles. The number of β-amino-alcohol motifs (C(OH)–C–C–N with tert-alkyl or cyclic N) is 1. The number of nitrogens with zero attached hydrogens (tertiary/aromatic N) is 3. The van der Waals surface area contributed by atoms with Crippen LogP contribution in [0.4, 0.5) is 5.69 Å². The van der Waals surface area contributed by atoms with Crippen LogP contribution in [-0.4, -0.2) is 38.0 Å². The number of benzene rings is 1. The first-order chi connectivity index (χ1) is 12.6. The van der Waals surface area contributed by atoms with Gasteiger partial charge in [0, 0.05) is 35.7 Å². The minimum absolute atomic E-state index is 0.156. The van der Waals surface area contributed by atoms with Crippen LogP contribution in [0.2, 0.25) is 0 Å². The van der Waals surface area contributed by atoms with Gasteiger partial charge in [-0.1, -0.05) is 23.4 Å². The highest BCUT2D eigenvalue weighted by Crippen LogP contribution is 2.34. The summed E-state index contributed by atoms with van der Waals surface area (Å²) in [6.07, 6.45) is 0.0907. The molecule has 0 saturated carbocycles. The van der Waals surface area contributed by atoms with Crippen molar-refractivity contribution in [2.24, 2.45) is 0 Å². The predicted molar refractivity (Wildman–Crippen MR) is 93.6 cm³/mol. The van der Waals surface area contributed by atoms with E-state index in [1.807, 2.05) is 11.4 Å². The maximum atomic E-state index is 11.1. The normalized spacial score (nSPS) is 22.0. The lowest BCUT2D eigenvalue weighted by atomic mass is 10.2. The van der Waals surface area contributed by atoms with E-state index in [4.69, 9.17) is 9.73 Å². The third-order valence-corrected chi connectivity index (χ3v) is 5.28. The highest BCUT2D eigenvalue weighted by Gasteiger charge is 2.36. The maximum absolute atomic E-state index is 11.1. The van der Waals surface area contributed by atoms with Gasteiger partial charge in [-0.3, -0.25) is 4.90 Å². The van der Waals surface area contributed by atoms with Crippen molar-refractivity contribution in [3.05, 3.63) is 57.8 Å². The van der Waals surface area contributed by atoms with Gasteiger partial charge in [-0.2, -0.15) is 10.2 Å². The molecule has 26 heavy (non-hydrogen) atoms. The first-order valence-corrected chi connectivity index (χ1v) is 9.10. The van der Waals surface area contributed by atoms with Crippen LogP contribution in [-0.2, 0) is 6.54 Å². The van der Waals surface area contributed by atoms with Crippen LogP contribution in [0.3, 0.4) is 0 Å². The number of hydrogen-bond acceptors (Lipinski definition) is 8. The van der Waals surface area contributed by atoms with Crippen LogP contribution in [0.25, 0.3) is 11.4 Å². The second kappa shape index (κ2) is 7.23. The molecule has 0 radical (unpaired) electrons. The van der Waals surface area contributed by atoms with E-state index in [2.05, 4.69) is 21.1 Å². The van der Waals surface area contributed by atoms with E-state index in [0.717, 1.165) is 0 Å². The first kappa shape index (κ1) is 17.3. The Morgan fingerprint density at radius 1 is 1.35 bits per heavy atom. The number of aromatic nitrogens is 2. The Kier molecular flexibility index (Phi) is 4.81. The lowest BCUT2D eigenvalue weighted by Crippen LogP contribution is -2.99. The number of rotatable bonds is 5. The fraction of sp³-hybridized carbons (Fsp3) is 0.294. The van der Waals surface area contributed by atoms with Gasteiger partial charge in [0.05, 0.1) is 12.1 Å². The van der Waals surface area contributed by atoms with Crippen molar-refractivity contribution in [3.8, 4) is 11.4 Å². The van der Waals surface area contributed by atoms with Gasteiger partial charge in [0.2, 0.25) is 11.7 Å². The smallest absolute Gasteiger partial charge is 0.244 e. The van der Waals surface area contributed by atoms with E-state index in [1.165, 1.54) is 17.0 Å². The van der Waals surface area contributed by atoms with Gasteiger partial charge < -0.3 is 14.8 Å². The van der Waals surface area contributed by atoms with E-state index < -0.39 is 11.3 Å². The van der Waals surface area contributed by atoms with Crippen LogP contribution in [0.15, 0.2) is 46.3 Å². The Labute approximate surface area is 153 Å². The highest BCUT2D eigenvalue weighted by molar-refractivity contribution is 7.09. The molecule has 0 spiro atoms. The number of nitrogens with one attached hydrogen (secondary N) is 1. The van der Waals surface area contributed by atoms with Crippen LogP contribution < -0.4 is 5.23 Å². The molecule has 3 aromatic rings. The molecule has 0 bridgehead atoms. The van der Waals surface area contributed by atoms with Gasteiger partial charge in [-0.05, 0) is 17.9 Å². The molecule has 1 aliphatic heterocycles. The molecule has 9 heteroatoms. The molecular formula is C17H18N4O4S. The number of likely N-dealkylation sites (tertiary alicyclic amines) is 1. The summed E-state index contributed by atoms with van der Waals surface area (Å²) < 4.78 is 5.44. The molecule has 1 fully saturated rings. The Balaban J connectivity index is 1.57. The van der Waals surface area contributed by atoms with Crippen molar-refractivity contribution in [3.63, 3.8) is 0 Å². The molecule has 1 unspecified atom stereocenters. The highest BCUT2D eigenvalue weighted by atomic mass is 32.1. The third kappa shape index (κ3) is 3.54. The average Bonchev–Trinajstić information content (AvgIpc) is 3.36. The molecule has 3 heterocycles. The molecule has 1 aliphatic rings. The molecule has 0 aliphatic carbocycles. The zero-order valence-electron chi connectivity index (χ0n) is 13.8. The molecule has 0 amide bonds. The molecule has 136 valence electrons. The van der Waals surface area contributed by atoms with Crippen LogP contribution in [0.1, 0.15) is 23.2 Å². The van der Waals surface area contributed by atoms with Crippen molar-refractivity contribution in [2.75, 3.05) is 6.54 Å². The number of hydrogen-bond donors (Lipinski definition) is 3. The summed E-state index contributed by atoms with van der Waals surface area (Å²) in [6.45, 7) is 1.26. The molecule has 8 nitrogen and oxygen atoms in total. The van der Waals surface area contributed by atoms with Gasteiger partial charge in [-0.15, -0.1) is 11.3 Å². The molecule has 1 saturated heterocycles. The zero-order valence-corrected chi connectivity index (χ0v) is 14.6. The van der Waals surface area contributed by atoms with E-state index in [0.29, 0.717) is 36.8 Å². The average molecular weight is 374 g/mol. The van der Waals surface area contributed by atoms with Crippen molar-refractivity contribution in [2.45, 2.75) is 25.1 Å². The summed E-state index contributed by atoms with van der Waals surface area (Å²) in [7, 11) is 0. The van der Waals surface area contributed by atoms with Crippen LogP contribution >= 0.6 is 11.3 Å². The summed E-state index contributed by atoms with van der Waals surface area (Å²) in [5, 5.41) is 35.4. The number of thiophene rings is 1. The SMILES string of the molecule is [O-][NH+](O)c1cccc(-c2noc([C@@H]3C[C@@H](O)CN3Cc3cccs3)n2)c1. The number of aliphatic hydroxyl groups excluding tert-OH is 1. The van der Waals surface area contributed by atoms with Crippen molar-refractivity contribution in [1.29, 1.82) is 0 Å². The minimum Gasteiger partial charge on any atom is -0.595 e. The van der Waals surface area contributed by atoms with Crippen molar-refractivity contribution in [1.82, 2.24) is 15.0 Å². The van der Waals surface area contributed by atoms with E-state index in [9.17, 15) is 10.3 Å². The lowest BCUT2D eigenvalue weighted by Gasteiger charge is -2.20. The molecule has 3 atom stereocenters. The molecular weight excluding hydrogens is 356 g/mol. The lowest BCUT2D eigenvalue weighted by molar-refractivity contribution is -0.991. The largest absolute Gasteiger partial charge is 0.595 e. The second-order valence-corrected chi connectivity index (χ2v) is 7.29. The van der Waals surface area contributed by atoms with Crippen molar-refractivity contribution < 1.29 is 20.1 Å². The quantitative estimate of drug-likeness (QED) is 0.581. The van der Waals surface area contributed by atoms with Gasteiger partial charge in [0.25, 0.3) is 0 Å². The van der Waals surface area contributed by atoms with E-state index in [-0.39, 0.29) is 11.7 Å². The third-order valence-electron chi connectivity index (χ3n) is 4.41. The Morgan fingerprint density at radius 2 is 2.23 bits per heavy atom. The van der Waals surface area contributed by atoms with E-state index in [1.54, 1.807) is 23.5 Å². The minimum atomic E-state index is -1.00. The fourth-order valence-corrected chi connectivity index (χ4v) is 3.92. The number of aliphatic hydroxyl groups is 1. The zero-order chi connectivity index (χ0) is 18.1. The summed E-state index contributed by atoms with van der Waals surface area (Å²) in [4.78, 5) is 7.79. The topological polar surface area (TPSA) is 110 Å². The second-order valence-electron chi connectivity index (χ2n) is 6.26. The molecule has 1 aromatic carbocycles. The Bertz CT molecular complexity index is 867. The van der Waals surface area contributed by atoms with Gasteiger partial charge in [0.1, 0.15) is 0 Å². The monoisotopic (exact) mass is 374 g/mol. The van der Waals surface area contributed by atoms with Gasteiger partial charge >= 0.3 is 0 Å². The Morgan fingerprint density at radius 3 is 3.00 bits per heavy atom. The first-order valence-electron chi connectivity index (χ1n) is 8.22. The van der Waals surface area contributed by atoms with Crippen LogP contribution in [0.5, 0.6) is 0 Å². The summed E-state index contributed by atoms with van der Waals surface area (Å²) >= 11 is 1.67. The summed E-state index contributed by atoms with van der Waals surface area (Å²) in [5.74, 6) is 0.786. The molecule has 3 N–H and O–H groups in total. The van der Waals surface area contributed by atoms with Crippen LogP contribution in [0, 0.1) is 5.21 Å². The van der Waals surface area contributed by atoms with Crippen molar-refractivity contribution >= 4 is 17.0 Å². The fourth-order valence-electron chi connectivity index (χ4n) is 3.19. The van der Waals surface area contributed by atoms with Gasteiger partial charge in [0.15, 0.2) is 5.69 Å². The van der Waals surface area contributed by atoms with Gasteiger partial charge in [-0.25, -0.2) is 5.21 Å². The maximum Gasteiger partial charge on any atom is 0.244 e. The number of quaternary nitrogens is 1. The van der Waals surface area contributed by atoms with E-state index >= 15 is 0 Å². The predicted octanol–water partition coefficient (Wildman–Crippen LogP) is 1.51. The standard InChI is InChI=1S/C17H18N4O4S/c22-13-8-15(20(9-13)10-14-5-2-6-26-14)17-18-16(19-25-17)11-3-1-4-12(7-11)21(23)24/h1-7,13,15,21-23H,8-10H2/t13-,15+/m1/s1. The molecule has 4 rings (SSSR count).